The fourth-order valence-electron chi connectivity index (χ4n) is 2.45. The van der Waals surface area contributed by atoms with E-state index in [4.69, 9.17) is 9.26 Å². The molecule has 4 aromatic rings. The molecule has 0 aliphatic rings. The molecular formula is C20H19ClN4O2S2. The van der Waals surface area contributed by atoms with Crippen LogP contribution in [0, 0.1) is 13.8 Å². The fraction of sp³-hybridized carbons (Fsp3) is 0.150. The lowest BCUT2D eigenvalue weighted by molar-refractivity contribution is 0.393. The minimum Gasteiger partial charge on any atom is -0.453 e. The molecule has 3 aromatic heterocycles. The lowest BCUT2D eigenvalue weighted by Gasteiger charge is -2.12. The number of nitrogens with one attached hydrogen (secondary N) is 1. The second-order valence-corrected chi connectivity index (χ2v) is 7.98. The number of pyridine rings is 1. The van der Waals surface area contributed by atoms with E-state index in [1.165, 1.54) is 11.3 Å². The van der Waals surface area contributed by atoms with Crippen LogP contribution in [0.25, 0.3) is 0 Å². The minimum atomic E-state index is 0. The Morgan fingerprint density at radius 3 is 2.69 bits per heavy atom. The molecule has 0 atom stereocenters. The molecule has 6 nitrogen and oxygen atoms in total. The van der Waals surface area contributed by atoms with Gasteiger partial charge in [-0.15, -0.1) is 35.5 Å². The summed E-state index contributed by atoms with van der Waals surface area (Å²) in [6, 6.07) is 13.6. The van der Waals surface area contributed by atoms with Gasteiger partial charge in [-0.1, -0.05) is 23.4 Å². The van der Waals surface area contributed by atoms with E-state index in [9.17, 15) is 0 Å². The summed E-state index contributed by atoms with van der Waals surface area (Å²) in [7, 11) is 0. The largest absolute Gasteiger partial charge is 0.453 e. The number of halogens is 1. The first-order valence-electron chi connectivity index (χ1n) is 8.63. The van der Waals surface area contributed by atoms with E-state index in [-0.39, 0.29) is 12.4 Å². The predicted octanol–water partition coefficient (Wildman–Crippen LogP) is 6.39. The molecule has 0 saturated heterocycles. The Labute approximate surface area is 183 Å². The molecular weight excluding hydrogens is 428 g/mol. The normalized spacial score (nSPS) is 10.4. The monoisotopic (exact) mass is 446 g/mol. The quantitative estimate of drug-likeness (QED) is 0.329. The first-order valence-corrected chi connectivity index (χ1v) is 10.5. The molecule has 0 aliphatic heterocycles. The van der Waals surface area contributed by atoms with Crippen LogP contribution in [0.15, 0.2) is 63.5 Å². The molecule has 0 saturated carbocycles. The lowest BCUT2D eigenvalue weighted by Crippen LogP contribution is -1.97. The number of benzene rings is 1. The van der Waals surface area contributed by atoms with Crippen molar-refractivity contribution in [1.82, 2.24) is 15.1 Å². The molecule has 29 heavy (non-hydrogen) atoms. The van der Waals surface area contributed by atoms with Crippen LogP contribution in [0.4, 0.5) is 10.9 Å². The van der Waals surface area contributed by atoms with E-state index >= 15 is 0 Å². The average Bonchev–Trinajstić information content (AvgIpc) is 3.30. The van der Waals surface area contributed by atoms with Crippen molar-refractivity contribution in [3.8, 4) is 11.5 Å². The van der Waals surface area contributed by atoms with Gasteiger partial charge in [0.15, 0.2) is 16.7 Å². The van der Waals surface area contributed by atoms with E-state index < -0.39 is 0 Å². The van der Waals surface area contributed by atoms with Gasteiger partial charge < -0.3 is 14.6 Å². The van der Waals surface area contributed by atoms with Crippen LogP contribution in [0.1, 0.15) is 17.1 Å². The van der Waals surface area contributed by atoms with Gasteiger partial charge in [0.2, 0.25) is 0 Å². The highest BCUT2D eigenvalue weighted by atomic mass is 35.5. The van der Waals surface area contributed by atoms with Gasteiger partial charge in [0, 0.05) is 28.3 Å². The van der Waals surface area contributed by atoms with Crippen LogP contribution in [0.5, 0.6) is 11.5 Å². The minimum absolute atomic E-state index is 0. The van der Waals surface area contributed by atoms with Crippen LogP contribution in [0.3, 0.4) is 0 Å². The summed E-state index contributed by atoms with van der Waals surface area (Å²) in [5, 5.41) is 10.1. The van der Waals surface area contributed by atoms with E-state index in [0.29, 0.717) is 17.3 Å². The van der Waals surface area contributed by atoms with Crippen molar-refractivity contribution in [2.24, 2.45) is 0 Å². The van der Waals surface area contributed by atoms with Gasteiger partial charge in [-0.05, 0) is 32.0 Å². The van der Waals surface area contributed by atoms with Crippen molar-refractivity contribution in [1.29, 1.82) is 0 Å². The van der Waals surface area contributed by atoms with Crippen LogP contribution in [0.2, 0.25) is 0 Å². The number of hydrogen-bond acceptors (Lipinski definition) is 8. The van der Waals surface area contributed by atoms with Gasteiger partial charge in [-0.2, -0.15) is 0 Å². The zero-order valence-electron chi connectivity index (χ0n) is 15.8. The number of aryl methyl sites for hydroxylation is 2. The number of nitrogens with zero attached hydrogens (tertiary/aromatic N) is 3. The molecule has 0 unspecified atom stereocenters. The molecule has 0 radical (unpaired) electrons. The average molecular weight is 447 g/mol. The summed E-state index contributed by atoms with van der Waals surface area (Å²) in [6.45, 7) is 3.84. The smallest absolute Gasteiger partial charge is 0.188 e. The second kappa shape index (κ2) is 9.78. The SMILES string of the molecule is Cc1csc(Nc2ncc(SCc3cc(C)on3)cc2Oc2ccccc2)n1.Cl. The Morgan fingerprint density at radius 1 is 1.17 bits per heavy atom. The summed E-state index contributed by atoms with van der Waals surface area (Å²) >= 11 is 3.16. The highest BCUT2D eigenvalue weighted by molar-refractivity contribution is 7.98. The van der Waals surface area contributed by atoms with Crippen LogP contribution in [-0.4, -0.2) is 15.1 Å². The third-order valence-electron chi connectivity index (χ3n) is 3.71. The first-order chi connectivity index (χ1) is 13.7. The van der Waals surface area contributed by atoms with Crippen LogP contribution in [-0.2, 0) is 5.75 Å². The van der Waals surface area contributed by atoms with Gasteiger partial charge in [0.25, 0.3) is 0 Å². The highest BCUT2D eigenvalue weighted by Crippen LogP contribution is 2.35. The second-order valence-electron chi connectivity index (χ2n) is 6.07. The number of ether oxygens (including phenoxy) is 1. The van der Waals surface area contributed by atoms with E-state index in [1.807, 2.05) is 67.9 Å². The third-order valence-corrected chi connectivity index (χ3v) is 5.58. The third kappa shape index (κ3) is 5.72. The molecule has 9 heteroatoms. The van der Waals surface area contributed by atoms with Gasteiger partial charge in [-0.25, -0.2) is 9.97 Å². The molecule has 0 fully saturated rings. The standard InChI is InChI=1S/C20H18N4O2S2.ClH/c1-13-11-28-20(22-13)23-19-18(25-16-6-4-3-5-7-16)9-17(10-21-19)27-12-15-8-14(2)26-24-15;/h3-11H,12H2,1-2H3,(H,21,22,23);1H. The maximum Gasteiger partial charge on any atom is 0.188 e. The van der Waals surface area contributed by atoms with Gasteiger partial charge in [-0.3, -0.25) is 0 Å². The molecule has 1 N–H and O–H groups in total. The Morgan fingerprint density at radius 2 is 2.00 bits per heavy atom. The first kappa shape index (κ1) is 21.2. The zero-order valence-corrected chi connectivity index (χ0v) is 18.2. The van der Waals surface area contributed by atoms with Gasteiger partial charge in [0.05, 0.1) is 11.4 Å². The Balaban J connectivity index is 0.00000240. The topological polar surface area (TPSA) is 73.1 Å². The summed E-state index contributed by atoms with van der Waals surface area (Å²) in [5.74, 6) is 3.51. The molecule has 3 heterocycles. The van der Waals surface area contributed by atoms with Crippen LogP contribution < -0.4 is 10.1 Å². The van der Waals surface area contributed by atoms with Crippen molar-refractivity contribution in [2.45, 2.75) is 24.5 Å². The van der Waals surface area contributed by atoms with Crippen molar-refractivity contribution in [3.63, 3.8) is 0 Å². The van der Waals surface area contributed by atoms with Crippen LogP contribution >= 0.6 is 35.5 Å². The van der Waals surface area contributed by atoms with E-state index in [2.05, 4.69) is 20.4 Å². The molecule has 4 rings (SSSR count). The number of aromatic nitrogens is 3. The Kier molecular flexibility index (Phi) is 7.13. The fourth-order valence-corrected chi connectivity index (χ4v) is 3.90. The number of anilines is 2. The maximum absolute atomic E-state index is 6.09. The van der Waals surface area contributed by atoms with Crippen molar-refractivity contribution >= 4 is 46.5 Å². The number of thiazole rings is 1. The summed E-state index contributed by atoms with van der Waals surface area (Å²) in [6.07, 6.45) is 1.82. The van der Waals surface area contributed by atoms with Gasteiger partial charge >= 0.3 is 0 Å². The van der Waals surface area contributed by atoms with Crippen molar-refractivity contribution < 1.29 is 9.26 Å². The summed E-state index contributed by atoms with van der Waals surface area (Å²) in [4.78, 5) is 9.98. The number of rotatable bonds is 7. The molecule has 0 amide bonds. The lowest BCUT2D eigenvalue weighted by atomic mass is 10.3. The zero-order chi connectivity index (χ0) is 19.3. The van der Waals surface area contributed by atoms with E-state index in [0.717, 1.165) is 32.9 Å². The molecule has 0 aliphatic carbocycles. The summed E-state index contributed by atoms with van der Waals surface area (Å²) < 4.78 is 11.2. The number of hydrogen-bond donors (Lipinski definition) is 1. The summed E-state index contributed by atoms with van der Waals surface area (Å²) in [5.41, 5.74) is 1.86. The maximum atomic E-state index is 6.09. The van der Waals surface area contributed by atoms with Crippen molar-refractivity contribution in [2.75, 3.05) is 5.32 Å². The number of para-hydroxylation sites is 1. The molecule has 1 aromatic carbocycles. The molecule has 0 spiro atoms. The highest BCUT2D eigenvalue weighted by Gasteiger charge is 2.12. The Hall–Kier alpha value is -2.55. The van der Waals surface area contributed by atoms with Crippen molar-refractivity contribution in [3.05, 3.63) is 71.2 Å². The molecule has 0 bridgehead atoms. The predicted molar refractivity (Wildman–Crippen MR) is 119 cm³/mol. The van der Waals surface area contributed by atoms with Gasteiger partial charge in [0.1, 0.15) is 11.5 Å². The van der Waals surface area contributed by atoms with E-state index in [1.54, 1.807) is 11.8 Å². The Bertz CT molecular complexity index is 1070. The molecule has 150 valence electrons. The number of thioether (sulfide) groups is 1.